The Hall–Kier alpha value is -0.850. The molecule has 0 aromatic carbocycles. The van der Waals surface area contributed by atoms with E-state index in [2.05, 4.69) is 43.6 Å². The van der Waals surface area contributed by atoms with Crippen LogP contribution >= 0.6 is 11.3 Å². The monoisotopic (exact) mass is 222 g/mol. The topological polar surface area (TPSA) is 35.8 Å². The highest BCUT2D eigenvalue weighted by atomic mass is 32.1. The Kier molecular flexibility index (Phi) is 4.80. The zero-order valence-corrected chi connectivity index (χ0v) is 10.4. The van der Waals surface area contributed by atoms with Gasteiger partial charge in [0.2, 0.25) is 0 Å². The second kappa shape index (κ2) is 5.89. The van der Waals surface area contributed by atoms with Gasteiger partial charge in [-0.2, -0.15) is 5.26 Å². The van der Waals surface area contributed by atoms with E-state index in [1.165, 1.54) is 10.4 Å². The molecule has 1 heterocycles. The minimum Gasteiger partial charge on any atom is -0.311 e. The van der Waals surface area contributed by atoms with Gasteiger partial charge < -0.3 is 5.32 Å². The minimum atomic E-state index is 0.116. The van der Waals surface area contributed by atoms with E-state index >= 15 is 0 Å². The predicted octanol–water partition coefficient (Wildman–Crippen LogP) is 2.94. The Morgan fingerprint density at radius 1 is 1.53 bits per heavy atom. The maximum absolute atomic E-state index is 8.92. The van der Waals surface area contributed by atoms with E-state index in [1.54, 1.807) is 11.3 Å². The zero-order valence-electron chi connectivity index (χ0n) is 9.58. The van der Waals surface area contributed by atoms with Crippen molar-refractivity contribution in [2.24, 2.45) is 11.8 Å². The van der Waals surface area contributed by atoms with Crippen LogP contribution in [0.1, 0.15) is 24.3 Å². The van der Waals surface area contributed by atoms with Gasteiger partial charge in [-0.1, -0.05) is 13.8 Å². The van der Waals surface area contributed by atoms with Crippen LogP contribution in [0.4, 0.5) is 0 Å². The Morgan fingerprint density at radius 2 is 2.27 bits per heavy atom. The summed E-state index contributed by atoms with van der Waals surface area (Å²) in [5, 5.41) is 14.4. The first-order valence-corrected chi connectivity index (χ1v) is 6.16. The molecular weight excluding hydrogens is 204 g/mol. The molecule has 15 heavy (non-hydrogen) atoms. The maximum atomic E-state index is 8.92. The molecule has 0 fully saturated rings. The number of rotatable bonds is 5. The van der Waals surface area contributed by atoms with Crippen molar-refractivity contribution >= 4 is 11.3 Å². The molecule has 0 radical (unpaired) electrons. The molecule has 2 nitrogen and oxygen atoms in total. The first-order chi connectivity index (χ1) is 7.15. The smallest absolute Gasteiger partial charge is 0.0671 e. The molecular formula is C12H18N2S. The lowest BCUT2D eigenvalue weighted by Gasteiger charge is -2.13. The molecule has 1 atom stereocenters. The van der Waals surface area contributed by atoms with Crippen molar-refractivity contribution in [3.05, 3.63) is 21.9 Å². The summed E-state index contributed by atoms with van der Waals surface area (Å²) in [4.78, 5) is 1.37. The molecule has 1 rings (SSSR count). The molecule has 1 aromatic rings. The highest BCUT2D eigenvalue weighted by Gasteiger charge is 2.11. The van der Waals surface area contributed by atoms with Crippen molar-refractivity contribution in [2.75, 3.05) is 6.54 Å². The van der Waals surface area contributed by atoms with Crippen LogP contribution in [0, 0.1) is 30.1 Å². The fourth-order valence-corrected chi connectivity index (χ4v) is 2.23. The fraction of sp³-hybridized carbons (Fsp3) is 0.583. The molecule has 0 saturated heterocycles. The second-order valence-electron chi connectivity index (χ2n) is 4.14. The molecule has 3 heteroatoms. The molecule has 1 N–H and O–H groups in total. The quantitative estimate of drug-likeness (QED) is 0.831. The van der Waals surface area contributed by atoms with Gasteiger partial charge in [-0.25, -0.2) is 0 Å². The number of thiophene rings is 1. The number of aryl methyl sites for hydroxylation is 1. The third kappa shape index (κ3) is 3.65. The van der Waals surface area contributed by atoms with Crippen LogP contribution in [0.5, 0.6) is 0 Å². The average molecular weight is 222 g/mol. The standard InChI is InChI=1S/C12H18N2S/c1-9(2)11(6-13)7-14-8-12-10(3)4-5-15-12/h4-5,9,11,14H,7-8H2,1-3H3. The molecule has 0 amide bonds. The molecule has 1 aromatic heterocycles. The van der Waals surface area contributed by atoms with Gasteiger partial charge in [0, 0.05) is 18.0 Å². The normalized spacial score (nSPS) is 12.7. The van der Waals surface area contributed by atoms with Crippen LogP contribution in [-0.2, 0) is 6.54 Å². The Balaban J connectivity index is 2.34. The third-order valence-electron chi connectivity index (χ3n) is 2.59. The first-order valence-electron chi connectivity index (χ1n) is 5.28. The Bertz CT molecular complexity index is 336. The van der Waals surface area contributed by atoms with Crippen LogP contribution in [0.25, 0.3) is 0 Å². The zero-order chi connectivity index (χ0) is 11.3. The predicted molar refractivity (Wildman–Crippen MR) is 64.7 cm³/mol. The first kappa shape index (κ1) is 12.2. The lowest BCUT2D eigenvalue weighted by atomic mass is 9.98. The maximum Gasteiger partial charge on any atom is 0.0671 e. The lowest BCUT2D eigenvalue weighted by molar-refractivity contribution is 0.442. The highest BCUT2D eigenvalue weighted by Crippen LogP contribution is 2.15. The Morgan fingerprint density at radius 3 is 2.73 bits per heavy atom. The van der Waals surface area contributed by atoms with Crippen LogP contribution in [-0.4, -0.2) is 6.54 Å². The van der Waals surface area contributed by atoms with Crippen molar-refractivity contribution in [2.45, 2.75) is 27.3 Å². The van der Waals surface area contributed by atoms with E-state index in [-0.39, 0.29) is 5.92 Å². The van der Waals surface area contributed by atoms with E-state index in [1.807, 2.05) is 0 Å². The van der Waals surface area contributed by atoms with Gasteiger partial charge in [0.25, 0.3) is 0 Å². The third-order valence-corrected chi connectivity index (χ3v) is 3.61. The molecule has 0 saturated carbocycles. The summed E-state index contributed by atoms with van der Waals surface area (Å²) in [5.41, 5.74) is 1.34. The van der Waals surface area contributed by atoms with Gasteiger partial charge in [-0.3, -0.25) is 0 Å². The number of nitrogens with zero attached hydrogens (tertiary/aromatic N) is 1. The summed E-state index contributed by atoms with van der Waals surface area (Å²) in [7, 11) is 0. The van der Waals surface area contributed by atoms with Crippen molar-refractivity contribution in [3.63, 3.8) is 0 Å². The van der Waals surface area contributed by atoms with Gasteiger partial charge in [0.1, 0.15) is 0 Å². The van der Waals surface area contributed by atoms with E-state index in [0.717, 1.165) is 13.1 Å². The fourth-order valence-electron chi connectivity index (χ4n) is 1.36. The molecule has 82 valence electrons. The minimum absolute atomic E-state index is 0.116. The second-order valence-corrected chi connectivity index (χ2v) is 5.14. The summed E-state index contributed by atoms with van der Waals surface area (Å²) in [6, 6.07) is 4.47. The molecule has 0 aliphatic rings. The van der Waals surface area contributed by atoms with Gasteiger partial charge in [-0.05, 0) is 29.9 Å². The number of hydrogen-bond acceptors (Lipinski definition) is 3. The van der Waals surface area contributed by atoms with E-state index in [4.69, 9.17) is 5.26 Å². The molecule has 0 bridgehead atoms. The van der Waals surface area contributed by atoms with Gasteiger partial charge >= 0.3 is 0 Å². The number of nitrogens with one attached hydrogen (secondary N) is 1. The molecule has 1 unspecified atom stereocenters. The van der Waals surface area contributed by atoms with E-state index in [0.29, 0.717) is 5.92 Å². The lowest BCUT2D eigenvalue weighted by Crippen LogP contribution is -2.24. The van der Waals surface area contributed by atoms with Crippen molar-refractivity contribution in [3.8, 4) is 6.07 Å². The summed E-state index contributed by atoms with van der Waals surface area (Å²) < 4.78 is 0. The van der Waals surface area contributed by atoms with Gasteiger partial charge in [0.05, 0.1) is 12.0 Å². The van der Waals surface area contributed by atoms with Crippen LogP contribution in [0.3, 0.4) is 0 Å². The summed E-state index contributed by atoms with van der Waals surface area (Å²) >= 11 is 1.77. The van der Waals surface area contributed by atoms with E-state index in [9.17, 15) is 0 Å². The summed E-state index contributed by atoms with van der Waals surface area (Å²) in [6.45, 7) is 7.97. The Labute approximate surface area is 95.9 Å². The van der Waals surface area contributed by atoms with Crippen LogP contribution in [0.2, 0.25) is 0 Å². The van der Waals surface area contributed by atoms with Crippen LogP contribution in [0.15, 0.2) is 11.4 Å². The van der Waals surface area contributed by atoms with Crippen molar-refractivity contribution in [1.29, 1.82) is 5.26 Å². The molecule has 0 spiro atoms. The summed E-state index contributed by atoms with van der Waals surface area (Å²) in [6.07, 6.45) is 0. The van der Waals surface area contributed by atoms with Gasteiger partial charge in [0.15, 0.2) is 0 Å². The number of hydrogen-bond donors (Lipinski definition) is 1. The number of nitriles is 1. The molecule has 0 aliphatic carbocycles. The van der Waals surface area contributed by atoms with E-state index < -0.39 is 0 Å². The van der Waals surface area contributed by atoms with Gasteiger partial charge in [-0.15, -0.1) is 11.3 Å². The molecule has 0 aliphatic heterocycles. The SMILES string of the molecule is Cc1ccsc1CNCC(C#N)C(C)C. The average Bonchev–Trinajstić information content (AvgIpc) is 2.58. The highest BCUT2D eigenvalue weighted by molar-refractivity contribution is 7.10. The summed E-state index contributed by atoms with van der Waals surface area (Å²) in [5.74, 6) is 0.539. The van der Waals surface area contributed by atoms with Crippen molar-refractivity contribution < 1.29 is 0 Å². The largest absolute Gasteiger partial charge is 0.311 e. The van der Waals surface area contributed by atoms with Crippen molar-refractivity contribution in [1.82, 2.24) is 5.32 Å². The van der Waals surface area contributed by atoms with Crippen LogP contribution < -0.4 is 5.32 Å².